The number of nitrogens with zero attached hydrogens (tertiary/aromatic N) is 6. The van der Waals surface area contributed by atoms with Crippen LogP contribution in [-0.2, 0) is 94.6 Å². The number of carboxylic acids is 2. The Kier molecular flexibility index (Phi) is 29.9. The number of benzene rings is 4. The lowest BCUT2D eigenvalue weighted by molar-refractivity contribution is -0.144. The van der Waals surface area contributed by atoms with E-state index in [9.17, 15) is 53.4 Å². The molecule has 0 fully saturated rings. The summed E-state index contributed by atoms with van der Waals surface area (Å²) >= 11 is 0. The van der Waals surface area contributed by atoms with Crippen LogP contribution in [0.15, 0.2) is 84.9 Å². The van der Waals surface area contributed by atoms with Crippen LogP contribution in [0.5, 0.6) is 0 Å². The fourth-order valence-electron chi connectivity index (χ4n) is 11.6. The molecular formula is C70H92N12O17. The standard InChI is InChI=1S/C70H92N12O17/c1-47(83)73-59(66(89)72-23-9-27-95-31-35-99-36-32-96-28-10-24-81-43-52-39-49(17-16-48(52)38-51(69(81)92)41-64(85)86)67(90)79(2)45-61-75-55-12-4-5-13-56(55)76-61)20-21-63(84)71-22-8-26-94-30-34-98-37-33-97-29-11-25-82-44-53-40-50(18-19-54(53)74-60(70(82)93)42-65(87)88)68(91)80(3)46-62-77-57-14-6-7-15-58(57)78-62/h4-7,12-19,39-40,51,59-60,74H,8-11,20-38,41-46H2,1-3H3,(H,71,84)(H,72,89)(H,73,83)(H,75,76)(H,77,78)(H,85,86)(H,87,88)/t51-,59+,60+/m0/s1. The molecule has 0 radical (unpaired) electrons. The van der Waals surface area contributed by atoms with Crippen LogP contribution in [0, 0.1) is 5.92 Å². The predicted octanol–water partition coefficient (Wildman–Crippen LogP) is 4.43. The van der Waals surface area contributed by atoms with Crippen molar-refractivity contribution in [2.24, 2.45) is 5.92 Å². The number of amides is 7. The third kappa shape index (κ3) is 24.2. The van der Waals surface area contributed by atoms with Gasteiger partial charge in [0.25, 0.3) is 11.8 Å². The van der Waals surface area contributed by atoms with Gasteiger partial charge < -0.3 is 89.5 Å². The molecule has 2 aromatic heterocycles. The number of hydrogen-bond acceptors (Lipinski definition) is 18. The zero-order valence-electron chi connectivity index (χ0n) is 56.5. The zero-order valence-corrected chi connectivity index (χ0v) is 56.5. The van der Waals surface area contributed by atoms with E-state index in [0.29, 0.717) is 159 Å². The Labute approximate surface area is 574 Å². The number of H-pyrrole nitrogens is 2. The van der Waals surface area contributed by atoms with Crippen molar-refractivity contribution in [1.29, 1.82) is 0 Å². The molecule has 0 bridgehead atoms. The largest absolute Gasteiger partial charge is 0.481 e. The zero-order chi connectivity index (χ0) is 70.5. The van der Waals surface area contributed by atoms with Gasteiger partial charge in [0.15, 0.2) is 0 Å². The maximum Gasteiger partial charge on any atom is 0.305 e. The smallest absolute Gasteiger partial charge is 0.305 e. The van der Waals surface area contributed by atoms with Gasteiger partial charge in [-0.3, -0.25) is 43.2 Å². The highest BCUT2D eigenvalue weighted by Crippen LogP contribution is 2.29. The van der Waals surface area contributed by atoms with Gasteiger partial charge in [-0.1, -0.05) is 30.3 Å². The van der Waals surface area contributed by atoms with E-state index >= 15 is 0 Å². The lowest BCUT2D eigenvalue weighted by Crippen LogP contribution is -2.47. The molecule has 2 aliphatic heterocycles. The van der Waals surface area contributed by atoms with Gasteiger partial charge in [0.2, 0.25) is 29.5 Å². The molecule has 0 saturated carbocycles. The van der Waals surface area contributed by atoms with Gasteiger partial charge in [0, 0.05) is 110 Å². The van der Waals surface area contributed by atoms with Crippen molar-refractivity contribution in [3.05, 3.63) is 124 Å². The summed E-state index contributed by atoms with van der Waals surface area (Å²) < 4.78 is 34.1. The number of para-hydroxylation sites is 4. The first kappa shape index (κ1) is 75.4. The van der Waals surface area contributed by atoms with E-state index in [1.807, 2.05) is 54.6 Å². The Balaban J connectivity index is 0.607. The first-order chi connectivity index (χ1) is 47.9. The summed E-state index contributed by atoms with van der Waals surface area (Å²) in [5.41, 5.74) is 7.12. The van der Waals surface area contributed by atoms with Gasteiger partial charge >= 0.3 is 11.9 Å². The molecule has 7 amide bonds. The molecule has 29 nitrogen and oxygen atoms in total. The number of imidazole rings is 2. The molecule has 99 heavy (non-hydrogen) atoms. The molecule has 3 atom stereocenters. The molecule has 0 spiro atoms. The average molecular weight is 1370 g/mol. The van der Waals surface area contributed by atoms with Gasteiger partial charge in [-0.05, 0) is 110 Å². The summed E-state index contributed by atoms with van der Waals surface area (Å²) in [4.78, 5) is 137. The van der Waals surface area contributed by atoms with Crippen molar-refractivity contribution in [2.45, 2.75) is 103 Å². The lowest BCUT2D eigenvalue weighted by atomic mass is 9.93. The highest BCUT2D eigenvalue weighted by atomic mass is 16.5. The summed E-state index contributed by atoms with van der Waals surface area (Å²) in [5, 5.41) is 30.5. The van der Waals surface area contributed by atoms with E-state index in [-0.39, 0.29) is 87.9 Å². The third-order valence-electron chi connectivity index (χ3n) is 16.6. The number of aromatic nitrogens is 4. The second-order valence-corrected chi connectivity index (χ2v) is 24.4. The number of carbonyl (C=O) groups excluding carboxylic acids is 7. The first-order valence-electron chi connectivity index (χ1n) is 33.6. The minimum atomic E-state index is -1.12. The Bertz CT molecular complexity index is 3630. The molecule has 6 aromatic rings. The maximum atomic E-state index is 13.7. The SMILES string of the molecule is CC(=O)N[C@H](CCC(=O)NCCCOCCOCCOCCCN1Cc2cc(C(=O)N(C)Cc3nc4ccccc4[nH]3)ccc2N[C@H](CC(=O)O)C1=O)C(=O)NCCCOCCOCCOCCCN1Cc2cc(C(=O)N(C)Cc3nc4ccccc4[nH]3)ccc2C[C@@H](CC(=O)O)C1=O. The molecule has 4 aromatic carbocycles. The summed E-state index contributed by atoms with van der Waals surface area (Å²) in [6.07, 6.45) is 1.64. The quantitative estimate of drug-likeness (QED) is 0.0245. The highest BCUT2D eigenvalue weighted by molar-refractivity contribution is 5.96. The normalized spacial score (nSPS) is 14.8. The van der Waals surface area contributed by atoms with Crippen LogP contribution in [0.3, 0.4) is 0 Å². The second kappa shape index (κ2) is 39.3. The molecule has 29 heteroatoms. The number of fused-ring (bicyclic) bond motifs is 4. The molecule has 8 rings (SSSR count). The van der Waals surface area contributed by atoms with Crippen molar-refractivity contribution in [1.82, 2.24) is 55.5 Å². The Morgan fingerprint density at radius 3 is 1.58 bits per heavy atom. The fraction of sp³-hybridized carbons (Fsp3) is 0.500. The number of ether oxygens (including phenoxy) is 6. The van der Waals surface area contributed by atoms with Crippen LogP contribution in [0.1, 0.15) is 107 Å². The van der Waals surface area contributed by atoms with Crippen LogP contribution in [0.2, 0.25) is 0 Å². The van der Waals surface area contributed by atoms with E-state index < -0.39 is 48.2 Å². The number of anilines is 1. The molecule has 0 saturated heterocycles. The minimum Gasteiger partial charge on any atom is -0.481 e. The number of aliphatic carboxylic acids is 2. The number of carbonyl (C=O) groups is 9. The number of nitrogens with one attached hydrogen (secondary N) is 6. The predicted molar refractivity (Wildman–Crippen MR) is 363 cm³/mol. The monoisotopic (exact) mass is 1370 g/mol. The lowest BCUT2D eigenvalue weighted by Gasteiger charge is -2.24. The number of carboxylic acid groups (broad SMARTS) is 2. The number of rotatable bonds is 43. The van der Waals surface area contributed by atoms with Gasteiger partial charge in [0.1, 0.15) is 23.7 Å². The maximum absolute atomic E-state index is 13.7. The van der Waals surface area contributed by atoms with Crippen LogP contribution >= 0.6 is 0 Å². The molecule has 2 aliphatic rings. The molecule has 4 heterocycles. The number of hydrogen-bond donors (Lipinski definition) is 8. The van der Waals surface area contributed by atoms with Gasteiger partial charge in [-0.2, -0.15) is 0 Å². The minimum absolute atomic E-state index is 0.0115. The van der Waals surface area contributed by atoms with Crippen molar-refractivity contribution in [2.75, 3.05) is 125 Å². The first-order valence-corrected chi connectivity index (χ1v) is 33.6. The van der Waals surface area contributed by atoms with E-state index in [0.717, 1.165) is 33.2 Å². The fourth-order valence-corrected chi connectivity index (χ4v) is 11.6. The van der Waals surface area contributed by atoms with Gasteiger partial charge in [-0.25, -0.2) is 9.97 Å². The molecule has 0 unspecified atom stereocenters. The van der Waals surface area contributed by atoms with Crippen molar-refractivity contribution in [3.63, 3.8) is 0 Å². The summed E-state index contributed by atoms with van der Waals surface area (Å²) in [5.74, 6) is -3.80. The Hall–Kier alpha value is -9.39. The van der Waals surface area contributed by atoms with Crippen LogP contribution < -0.4 is 21.3 Å². The summed E-state index contributed by atoms with van der Waals surface area (Å²) in [6.45, 7) is 7.33. The second-order valence-electron chi connectivity index (χ2n) is 24.4. The van der Waals surface area contributed by atoms with Crippen molar-refractivity contribution in [3.8, 4) is 0 Å². The van der Waals surface area contributed by atoms with Crippen LogP contribution in [-0.4, -0.2) is 235 Å². The molecule has 534 valence electrons. The molecule has 8 N–H and O–H groups in total. The van der Waals surface area contributed by atoms with Crippen LogP contribution in [0.25, 0.3) is 22.1 Å². The number of aromatic amines is 2. The van der Waals surface area contributed by atoms with E-state index in [4.69, 9.17) is 28.4 Å². The van der Waals surface area contributed by atoms with Crippen molar-refractivity contribution < 1.29 is 81.8 Å². The Morgan fingerprint density at radius 2 is 1.05 bits per heavy atom. The highest BCUT2D eigenvalue weighted by Gasteiger charge is 2.34. The van der Waals surface area contributed by atoms with E-state index in [1.165, 1.54) is 6.92 Å². The average Bonchev–Trinajstić information content (AvgIpc) is 1.73. The molecular weight excluding hydrogens is 1280 g/mol. The van der Waals surface area contributed by atoms with Gasteiger partial charge in [-0.15, -0.1) is 0 Å². The van der Waals surface area contributed by atoms with Gasteiger partial charge in [0.05, 0.1) is 107 Å². The summed E-state index contributed by atoms with van der Waals surface area (Å²) in [6, 6.07) is 23.8. The van der Waals surface area contributed by atoms with Crippen molar-refractivity contribution >= 4 is 81.0 Å². The third-order valence-corrected chi connectivity index (χ3v) is 16.6. The van der Waals surface area contributed by atoms with Crippen LogP contribution in [0.4, 0.5) is 5.69 Å². The topological polar surface area (TPSA) is 368 Å². The Morgan fingerprint density at radius 1 is 0.576 bits per heavy atom. The van der Waals surface area contributed by atoms with E-state index in [2.05, 4.69) is 41.2 Å². The molecule has 0 aliphatic carbocycles. The summed E-state index contributed by atoms with van der Waals surface area (Å²) in [7, 11) is 3.39. The van der Waals surface area contributed by atoms with E-state index in [1.54, 1.807) is 64.0 Å².